The molecule has 2 aliphatic carbocycles. The lowest BCUT2D eigenvalue weighted by molar-refractivity contribution is 0.109. The normalized spacial score (nSPS) is 43.4. The molecule has 3 nitrogen and oxygen atoms in total. The Kier molecular flexibility index (Phi) is 3.42. The van der Waals surface area contributed by atoms with E-state index in [0.717, 1.165) is 23.8 Å². The van der Waals surface area contributed by atoms with E-state index in [0.29, 0.717) is 0 Å². The van der Waals surface area contributed by atoms with E-state index in [1.807, 2.05) is 0 Å². The average molecular weight is 237 g/mol. The summed E-state index contributed by atoms with van der Waals surface area (Å²) >= 11 is 0. The standard InChI is InChI=1S/C14H27N3/c1-15-14-12-4-3-11(9-12)13(14)10-17-7-5-16(2)6-8-17/h11-15H,3-10H2,1-2H3. The Hall–Kier alpha value is -0.120. The van der Waals surface area contributed by atoms with E-state index in [1.165, 1.54) is 52.0 Å². The number of piperazine rings is 1. The minimum atomic E-state index is 0.813. The van der Waals surface area contributed by atoms with Gasteiger partial charge < -0.3 is 15.1 Å². The highest BCUT2D eigenvalue weighted by molar-refractivity contribution is 5.01. The fourth-order valence-electron chi connectivity index (χ4n) is 4.45. The molecule has 4 atom stereocenters. The fourth-order valence-corrected chi connectivity index (χ4v) is 4.45. The van der Waals surface area contributed by atoms with Crippen LogP contribution in [0.2, 0.25) is 0 Å². The third kappa shape index (κ3) is 2.25. The van der Waals surface area contributed by atoms with Gasteiger partial charge in [-0.15, -0.1) is 0 Å². The Labute approximate surface area is 106 Å². The molecule has 1 heterocycles. The van der Waals surface area contributed by atoms with Crippen molar-refractivity contribution in [1.82, 2.24) is 15.1 Å². The number of hydrogen-bond acceptors (Lipinski definition) is 3. The summed E-state index contributed by atoms with van der Waals surface area (Å²) < 4.78 is 0. The Morgan fingerprint density at radius 1 is 1.06 bits per heavy atom. The van der Waals surface area contributed by atoms with E-state index >= 15 is 0 Å². The Bertz CT molecular complexity index is 260. The van der Waals surface area contributed by atoms with Crippen molar-refractivity contribution in [2.45, 2.75) is 25.3 Å². The van der Waals surface area contributed by atoms with Gasteiger partial charge >= 0.3 is 0 Å². The molecule has 2 saturated carbocycles. The van der Waals surface area contributed by atoms with E-state index in [2.05, 4.69) is 29.2 Å². The van der Waals surface area contributed by atoms with Crippen LogP contribution in [0.15, 0.2) is 0 Å². The molecule has 0 spiro atoms. The molecule has 3 fully saturated rings. The highest BCUT2D eigenvalue weighted by Gasteiger charge is 2.47. The van der Waals surface area contributed by atoms with Crippen molar-refractivity contribution < 1.29 is 0 Å². The van der Waals surface area contributed by atoms with Gasteiger partial charge in [0.05, 0.1) is 0 Å². The Morgan fingerprint density at radius 3 is 2.47 bits per heavy atom. The summed E-state index contributed by atoms with van der Waals surface area (Å²) in [6, 6.07) is 0.813. The maximum atomic E-state index is 3.61. The fraction of sp³-hybridized carbons (Fsp3) is 1.00. The van der Waals surface area contributed by atoms with Gasteiger partial charge in [-0.05, 0) is 51.1 Å². The minimum Gasteiger partial charge on any atom is -0.316 e. The summed E-state index contributed by atoms with van der Waals surface area (Å²) in [4.78, 5) is 5.16. The number of hydrogen-bond donors (Lipinski definition) is 1. The van der Waals surface area contributed by atoms with Gasteiger partial charge in [-0.1, -0.05) is 0 Å². The summed E-state index contributed by atoms with van der Waals surface area (Å²) in [5.74, 6) is 2.95. The zero-order valence-electron chi connectivity index (χ0n) is 11.4. The molecule has 0 amide bonds. The van der Waals surface area contributed by atoms with Gasteiger partial charge in [-0.2, -0.15) is 0 Å². The lowest BCUT2D eigenvalue weighted by atomic mass is 9.84. The van der Waals surface area contributed by atoms with Crippen LogP contribution in [0, 0.1) is 17.8 Å². The number of rotatable bonds is 3. The van der Waals surface area contributed by atoms with Crippen LogP contribution in [0.3, 0.4) is 0 Å². The molecule has 0 aromatic carbocycles. The van der Waals surface area contributed by atoms with E-state index in [4.69, 9.17) is 0 Å². The molecule has 17 heavy (non-hydrogen) atoms. The highest BCUT2D eigenvalue weighted by Crippen LogP contribution is 2.48. The average Bonchev–Trinajstić information content (AvgIpc) is 2.92. The molecule has 2 bridgehead atoms. The maximum Gasteiger partial charge on any atom is 0.0136 e. The smallest absolute Gasteiger partial charge is 0.0136 e. The third-order valence-electron chi connectivity index (χ3n) is 5.49. The van der Waals surface area contributed by atoms with Crippen molar-refractivity contribution in [3.05, 3.63) is 0 Å². The lowest BCUT2D eigenvalue weighted by Crippen LogP contribution is -2.50. The van der Waals surface area contributed by atoms with Crippen molar-refractivity contribution in [3.63, 3.8) is 0 Å². The predicted molar refractivity (Wildman–Crippen MR) is 71.1 cm³/mol. The van der Waals surface area contributed by atoms with Crippen LogP contribution in [0.25, 0.3) is 0 Å². The number of nitrogens with zero attached hydrogens (tertiary/aromatic N) is 2. The first-order chi connectivity index (χ1) is 8.28. The van der Waals surface area contributed by atoms with Crippen LogP contribution >= 0.6 is 0 Å². The van der Waals surface area contributed by atoms with Crippen molar-refractivity contribution in [2.75, 3.05) is 46.8 Å². The molecule has 4 unspecified atom stereocenters. The quantitative estimate of drug-likeness (QED) is 0.786. The molecule has 1 aliphatic heterocycles. The van der Waals surface area contributed by atoms with Crippen molar-refractivity contribution in [1.29, 1.82) is 0 Å². The zero-order chi connectivity index (χ0) is 11.8. The first kappa shape index (κ1) is 11.9. The van der Waals surface area contributed by atoms with Crippen LogP contribution in [0.4, 0.5) is 0 Å². The van der Waals surface area contributed by atoms with Gasteiger partial charge in [0.15, 0.2) is 0 Å². The second-order valence-corrected chi connectivity index (χ2v) is 6.42. The Balaban J connectivity index is 1.57. The lowest BCUT2D eigenvalue weighted by Gasteiger charge is -2.38. The van der Waals surface area contributed by atoms with Gasteiger partial charge in [0.25, 0.3) is 0 Å². The van der Waals surface area contributed by atoms with Gasteiger partial charge in [0.2, 0.25) is 0 Å². The zero-order valence-corrected chi connectivity index (χ0v) is 11.4. The van der Waals surface area contributed by atoms with Crippen LogP contribution in [-0.4, -0.2) is 62.7 Å². The van der Waals surface area contributed by atoms with Crippen molar-refractivity contribution in [2.24, 2.45) is 17.8 Å². The number of likely N-dealkylation sites (N-methyl/N-ethyl adjacent to an activating group) is 1. The molecule has 98 valence electrons. The summed E-state index contributed by atoms with van der Waals surface area (Å²) in [7, 11) is 4.41. The van der Waals surface area contributed by atoms with Gasteiger partial charge in [-0.3, -0.25) is 0 Å². The van der Waals surface area contributed by atoms with Gasteiger partial charge in [-0.25, -0.2) is 0 Å². The highest BCUT2D eigenvalue weighted by atomic mass is 15.2. The van der Waals surface area contributed by atoms with Crippen molar-refractivity contribution in [3.8, 4) is 0 Å². The number of fused-ring (bicyclic) bond motifs is 2. The molecule has 3 rings (SSSR count). The Morgan fingerprint density at radius 2 is 1.76 bits per heavy atom. The van der Waals surface area contributed by atoms with E-state index in [-0.39, 0.29) is 0 Å². The molecular weight excluding hydrogens is 210 g/mol. The van der Waals surface area contributed by atoms with E-state index < -0.39 is 0 Å². The molecule has 3 aliphatic rings. The summed E-state index contributed by atoms with van der Waals surface area (Å²) in [5.41, 5.74) is 0. The second-order valence-electron chi connectivity index (χ2n) is 6.42. The maximum absolute atomic E-state index is 3.61. The number of nitrogens with one attached hydrogen (secondary N) is 1. The van der Waals surface area contributed by atoms with Gasteiger partial charge in [0, 0.05) is 38.8 Å². The molecule has 3 heteroatoms. The van der Waals surface area contributed by atoms with Crippen LogP contribution in [-0.2, 0) is 0 Å². The first-order valence-corrected chi connectivity index (χ1v) is 7.36. The molecular formula is C14H27N3. The first-order valence-electron chi connectivity index (χ1n) is 7.36. The SMILES string of the molecule is CNC1C2CCC(C2)C1CN1CCN(C)CC1. The molecule has 0 aromatic heterocycles. The van der Waals surface area contributed by atoms with Crippen LogP contribution < -0.4 is 5.32 Å². The summed E-state index contributed by atoms with van der Waals surface area (Å²) in [6.45, 7) is 6.41. The minimum absolute atomic E-state index is 0.813. The van der Waals surface area contributed by atoms with Crippen LogP contribution in [0.1, 0.15) is 19.3 Å². The monoisotopic (exact) mass is 237 g/mol. The van der Waals surface area contributed by atoms with Crippen LogP contribution in [0.5, 0.6) is 0 Å². The topological polar surface area (TPSA) is 18.5 Å². The second kappa shape index (κ2) is 4.87. The predicted octanol–water partition coefficient (Wildman–Crippen LogP) is 0.868. The molecule has 0 radical (unpaired) electrons. The molecule has 1 N–H and O–H groups in total. The van der Waals surface area contributed by atoms with E-state index in [1.54, 1.807) is 0 Å². The summed E-state index contributed by atoms with van der Waals surface area (Å²) in [5, 5.41) is 3.61. The largest absolute Gasteiger partial charge is 0.316 e. The summed E-state index contributed by atoms with van der Waals surface area (Å²) in [6.07, 6.45) is 4.49. The third-order valence-corrected chi connectivity index (χ3v) is 5.49. The molecule has 1 saturated heterocycles. The molecule has 0 aromatic rings. The van der Waals surface area contributed by atoms with Gasteiger partial charge in [0.1, 0.15) is 0 Å². The van der Waals surface area contributed by atoms with E-state index in [9.17, 15) is 0 Å². The van der Waals surface area contributed by atoms with Crippen molar-refractivity contribution >= 4 is 0 Å².